The van der Waals surface area contributed by atoms with Crippen molar-refractivity contribution >= 4 is 11.9 Å². The Kier molecular flexibility index (Phi) is 4.66. The summed E-state index contributed by atoms with van der Waals surface area (Å²) in [6, 6.07) is 8.23. The molecule has 1 aromatic carbocycles. The van der Waals surface area contributed by atoms with Crippen LogP contribution in [0.3, 0.4) is 0 Å². The lowest BCUT2D eigenvalue weighted by Crippen LogP contribution is -2.29. The van der Waals surface area contributed by atoms with Crippen molar-refractivity contribution in [2.45, 2.75) is 39.0 Å². The molecule has 2 aromatic rings. The molecule has 24 heavy (non-hydrogen) atoms. The average molecular weight is 327 g/mol. The molecule has 6 heteroatoms. The van der Waals surface area contributed by atoms with Gasteiger partial charge in [0.1, 0.15) is 0 Å². The monoisotopic (exact) mass is 327 g/mol. The van der Waals surface area contributed by atoms with Crippen LogP contribution in [0.25, 0.3) is 11.4 Å². The second-order valence-electron chi connectivity index (χ2n) is 7.46. The summed E-state index contributed by atoms with van der Waals surface area (Å²) in [5.74, 6) is 1.59. The van der Waals surface area contributed by atoms with Gasteiger partial charge in [0, 0.05) is 5.56 Å². The number of rotatable bonds is 6. The summed E-state index contributed by atoms with van der Waals surface area (Å²) in [4.78, 5) is 16.2. The first kappa shape index (κ1) is 16.6. The van der Waals surface area contributed by atoms with E-state index in [9.17, 15) is 4.79 Å². The number of aromatic nitrogens is 3. The Labute approximate surface area is 142 Å². The minimum absolute atomic E-state index is 0.118. The van der Waals surface area contributed by atoms with E-state index in [2.05, 4.69) is 58.7 Å². The number of amides is 1. The van der Waals surface area contributed by atoms with Crippen molar-refractivity contribution in [1.82, 2.24) is 20.5 Å². The summed E-state index contributed by atoms with van der Waals surface area (Å²) in [5, 5.41) is 12.8. The molecule has 1 saturated carbocycles. The van der Waals surface area contributed by atoms with Crippen LogP contribution < -0.4 is 10.6 Å². The van der Waals surface area contributed by atoms with E-state index in [1.807, 2.05) is 12.1 Å². The maximum absolute atomic E-state index is 11.8. The lowest BCUT2D eigenvalue weighted by molar-refractivity contribution is -0.115. The summed E-state index contributed by atoms with van der Waals surface area (Å²) in [7, 11) is 0. The number of carbonyl (C=O) groups excluding carboxylic acids is 1. The number of anilines is 1. The van der Waals surface area contributed by atoms with Gasteiger partial charge in [0.05, 0.1) is 6.54 Å². The first-order valence-electron chi connectivity index (χ1n) is 8.46. The van der Waals surface area contributed by atoms with Crippen LogP contribution in [0.15, 0.2) is 24.3 Å². The van der Waals surface area contributed by atoms with Gasteiger partial charge >= 0.3 is 0 Å². The van der Waals surface area contributed by atoms with Crippen LogP contribution in [0.2, 0.25) is 0 Å². The van der Waals surface area contributed by atoms with Gasteiger partial charge in [0.25, 0.3) is 0 Å². The van der Waals surface area contributed by atoms with E-state index in [-0.39, 0.29) is 11.3 Å². The molecular weight excluding hydrogens is 302 g/mol. The Morgan fingerprint density at radius 3 is 2.58 bits per heavy atom. The molecule has 128 valence electrons. The van der Waals surface area contributed by atoms with Gasteiger partial charge in [-0.05, 0) is 36.3 Å². The van der Waals surface area contributed by atoms with Crippen molar-refractivity contribution in [2.75, 3.05) is 18.4 Å². The Balaban J connectivity index is 1.57. The molecule has 0 aliphatic heterocycles. The fourth-order valence-electron chi connectivity index (χ4n) is 2.46. The van der Waals surface area contributed by atoms with Crippen molar-refractivity contribution in [3.63, 3.8) is 0 Å². The number of nitrogens with one attached hydrogen (secondary N) is 3. The molecule has 1 fully saturated rings. The van der Waals surface area contributed by atoms with Crippen LogP contribution >= 0.6 is 0 Å². The third-order valence-corrected chi connectivity index (χ3v) is 4.18. The number of H-pyrrole nitrogens is 1. The molecule has 1 aromatic heterocycles. The van der Waals surface area contributed by atoms with Gasteiger partial charge in [-0.2, -0.15) is 4.98 Å². The normalized spacial score (nSPS) is 14.6. The second-order valence-corrected chi connectivity index (χ2v) is 7.46. The molecular formula is C18H25N5O. The fourth-order valence-corrected chi connectivity index (χ4v) is 2.46. The highest BCUT2D eigenvalue weighted by Gasteiger charge is 2.20. The first-order chi connectivity index (χ1) is 11.4. The van der Waals surface area contributed by atoms with Gasteiger partial charge in [-0.25, -0.2) is 0 Å². The zero-order chi connectivity index (χ0) is 17.2. The van der Waals surface area contributed by atoms with Gasteiger partial charge < -0.3 is 5.32 Å². The molecule has 3 rings (SSSR count). The lowest BCUT2D eigenvalue weighted by atomic mass is 9.87. The van der Waals surface area contributed by atoms with Crippen molar-refractivity contribution < 1.29 is 4.79 Å². The topological polar surface area (TPSA) is 82.7 Å². The molecule has 1 aliphatic carbocycles. The largest absolute Gasteiger partial charge is 0.308 e. The Bertz CT molecular complexity index is 695. The molecule has 0 spiro atoms. The van der Waals surface area contributed by atoms with E-state index < -0.39 is 0 Å². The van der Waals surface area contributed by atoms with Crippen molar-refractivity contribution in [2.24, 2.45) is 5.92 Å². The summed E-state index contributed by atoms with van der Waals surface area (Å²) in [6.45, 7) is 7.75. The SMILES string of the molecule is CC(C)(C)c1ccc(-c2nc(NC(=O)CNCC3CC3)n[nH]2)cc1. The third kappa shape index (κ3) is 4.41. The summed E-state index contributed by atoms with van der Waals surface area (Å²) in [5.41, 5.74) is 2.33. The molecule has 0 unspecified atom stereocenters. The van der Waals surface area contributed by atoms with E-state index in [1.54, 1.807) is 0 Å². The summed E-state index contributed by atoms with van der Waals surface area (Å²) >= 11 is 0. The van der Waals surface area contributed by atoms with Crippen LogP contribution in [0, 0.1) is 5.92 Å². The molecule has 1 heterocycles. The average Bonchev–Trinajstić information content (AvgIpc) is 3.24. The minimum atomic E-state index is -0.121. The highest BCUT2D eigenvalue weighted by Crippen LogP contribution is 2.27. The molecule has 0 saturated heterocycles. The van der Waals surface area contributed by atoms with Gasteiger partial charge in [-0.3, -0.25) is 15.2 Å². The van der Waals surface area contributed by atoms with Crippen LogP contribution in [0.1, 0.15) is 39.2 Å². The zero-order valence-corrected chi connectivity index (χ0v) is 14.5. The van der Waals surface area contributed by atoms with E-state index in [4.69, 9.17) is 0 Å². The highest BCUT2D eigenvalue weighted by molar-refractivity contribution is 5.90. The van der Waals surface area contributed by atoms with E-state index in [0.29, 0.717) is 18.3 Å². The number of carbonyl (C=O) groups is 1. The molecule has 1 aliphatic rings. The number of nitrogens with zero attached hydrogens (tertiary/aromatic N) is 2. The third-order valence-electron chi connectivity index (χ3n) is 4.18. The standard InChI is InChI=1S/C18H25N5O/c1-18(2,3)14-8-6-13(7-9-14)16-21-17(23-22-16)20-15(24)11-19-10-12-4-5-12/h6-9,12,19H,4-5,10-11H2,1-3H3,(H2,20,21,22,23,24). The van der Waals surface area contributed by atoms with E-state index in [1.165, 1.54) is 18.4 Å². The maximum Gasteiger partial charge on any atom is 0.249 e. The highest BCUT2D eigenvalue weighted by atomic mass is 16.2. The van der Waals surface area contributed by atoms with E-state index >= 15 is 0 Å². The number of hydrogen-bond donors (Lipinski definition) is 3. The molecule has 0 atom stereocenters. The van der Waals surface area contributed by atoms with Gasteiger partial charge in [0.15, 0.2) is 5.82 Å². The van der Waals surface area contributed by atoms with Gasteiger partial charge in [-0.1, -0.05) is 45.0 Å². The maximum atomic E-state index is 11.8. The minimum Gasteiger partial charge on any atom is -0.308 e. The predicted molar refractivity (Wildman–Crippen MR) is 94.7 cm³/mol. The lowest BCUT2D eigenvalue weighted by Gasteiger charge is -2.18. The van der Waals surface area contributed by atoms with Crippen LogP contribution in [-0.2, 0) is 10.2 Å². The quantitative estimate of drug-likeness (QED) is 0.762. The fraction of sp³-hybridized carbons (Fsp3) is 0.500. The zero-order valence-electron chi connectivity index (χ0n) is 14.5. The van der Waals surface area contributed by atoms with Gasteiger partial charge in [-0.15, -0.1) is 5.10 Å². The first-order valence-corrected chi connectivity index (χ1v) is 8.46. The second kappa shape index (κ2) is 6.73. The van der Waals surface area contributed by atoms with Crippen LogP contribution in [0.5, 0.6) is 0 Å². The Morgan fingerprint density at radius 2 is 1.96 bits per heavy atom. The molecule has 1 amide bonds. The van der Waals surface area contributed by atoms with Gasteiger partial charge in [0.2, 0.25) is 11.9 Å². The van der Waals surface area contributed by atoms with E-state index in [0.717, 1.165) is 18.0 Å². The molecule has 6 nitrogen and oxygen atoms in total. The molecule has 3 N–H and O–H groups in total. The Hall–Kier alpha value is -2.21. The molecule has 0 bridgehead atoms. The number of benzene rings is 1. The Morgan fingerprint density at radius 1 is 1.25 bits per heavy atom. The van der Waals surface area contributed by atoms with Crippen molar-refractivity contribution in [3.05, 3.63) is 29.8 Å². The molecule has 0 radical (unpaired) electrons. The smallest absolute Gasteiger partial charge is 0.249 e. The predicted octanol–water partition coefficient (Wildman–Crippen LogP) is 2.71. The summed E-state index contributed by atoms with van der Waals surface area (Å²) in [6.07, 6.45) is 2.54. The number of aromatic amines is 1. The van der Waals surface area contributed by atoms with Crippen molar-refractivity contribution in [3.8, 4) is 11.4 Å². The van der Waals surface area contributed by atoms with Crippen molar-refractivity contribution in [1.29, 1.82) is 0 Å². The number of hydrogen-bond acceptors (Lipinski definition) is 4. The summed E-state index contributed by atoms with van der Waals surface area (Å²) < 4.78 is 0. The van der Waals surface area contributed by atoms with Crippen LogP contribution in [-0.4, -0.2) is 34.2 Å². The van der Waals surface area contributed by atoms with Crippen LogP contribution in [0.4, 0.5) is 5.95 Å².